The molecule has 2 nitrogen and oxygen atoms in total. The number of halogens is 1. The summed E-state index contributed by atoms with van der Waals surface area (Å²) < 4.78 is 0. The van der Waals surface area contributed by atoms with Crippen LogP contribution in [0.3, 0.4) is 0 Å². The third-order valence-corrected chi connectivity index (χ3v) is 4.78. The van der Waals surface area contributed by atoms with Crippen LogP contribution >= 0.6 is 22.9 Å². The molecule has 3 aromatic rings. The minimum atomic E-state index is 0.441. The smallest absolute Gasteiger partial charge is 0.0726 e. The minimum absolute atomic E-state index is 0.441. The average molecular weight is 317 g/mol. The van der Waals surface area contributed by atoms with Crippen molar-refractivity contribution in [2.24, 2.45) is 0 Å². The highest BCUT2D eigenvalue weighted by Crippen LogP contribution is 2.27. The normalized spacial score (nSPS) is 11.0. The van der Waals surface area contributed by atoms with Gasteiger partial charge in [0.2, 0.25) is 0 Å². The molecule has 3 rings (SSSR count). The molecule has 0 amide bonds. The van der Waals surface area contributed by atoms with Gasteiger partial charge in [-0.2, -0.15) is 0 Å². The third-order valence-electron chi connectivity index (χ3n) is 3.57. The molecule has 0 radical (unpaired) electrons. The van der Waals surface area contributed by atoms with Gasteiger partial charge in [-0.25, -0.2) is 0 Å². The first-order valence-electron chi connectivity index (χ1n) is 6.96. The lowest BCUT2D eigenvalue weighted by Crippen LogP contribution is -2.20. The molecule has 0 saturated carbocycles. The van der Waals surface area contributed by atoms with Crippen molar-refractivity contribution in [3.8, 4) is 0 Å². The molecule has 0 spiro atoms. The van der Waals surface area contributed by atoms with Gasteiger partial charge >= 0.3 is 0 Å². The fourth-order valence-electron chi connectivity index (χ4n) is 2.45. The van der Waals surface area contributed by atoms with Crippen molar-refractivity contribution >= 4 is 39.5 Å². The predicted molar refractivity (Wildman–Crippen MR) is 92.6 cm³/mol. The molecule has 0 bridgehead atoms. The van der Waals surface area contributed by atoms with E-state index in [1.54, 1.807) is 0 Å². The Labute approximate surface area is 134 Å². The number of hydrogen-bond donors (Lipinski definition) is 0. The zero-order chi connectivity index (χ0) is 14.7. The molecule has 0 saturated heterocycles. The number of likely N-dealkylation sites (N-methyl/N-ethyl adjacent to an activating group) is 1. The van der Waals surface area contributed by atoms with Gasteiger partial charge in [0.25, 0.3) is 0 Å². The zero-order valence-corrected chi connectivity index (χ0v) is 13.5. The molecule has 0 aliphatic carbocycles. The molecule has 2 aromatic heterocycles. The molecule has 21 heavy (non-hydrogen) atoms. The molecule has 4 heteroatoms. The summed E-state index contributed by atoms with van der Waals surface area (Å²) in [5.41, 5.74) is 3.13. The summed E-state index contributed by atoms with van der Waals surface area (Å²) in [4.78, 5) is 8.30. The molecule has 0 unspecified atom stereocenters. The molecule has 108 valence electrons. The van der Waals surface area contributed by atoms with Crippen molar-refractivity contribution in [2.45, 2.75) is 12.3 Å². The molecule has 0 aliphatic rings. The van der Waals surface area contributed by atoms with E-state index in [2.05, 4.69) is 52.6 Å². The Morgan fingerprint density at radius 2 is 2.05 bits per heavy atom. The summed E-state index contributed by atoms with van der Waals surface area (Å²) in [6.07, 6.45) is 1.06. The largest absolute Gasteiger partial charge is 0.374 e. The van der Waals surface area contributed by atoms with Gasteiger partial charge in [-0.05, 0) is 30.0 Å². The number of pyridine rings is 1. The number of benzene rings is 1. The lowest BCUT2D eigenvalue weighted by Gasteiger charge is -2.21. The highest BCUT2D eigenvalue weighted by Gasteiger charge is 2.09. The summed E-state index contributed by atoms with van der Waals surface area (Å²) in [7, 11) is 2.13. The number of nitrogens with zero attached hydrogens (tertiary/aromatic N) is 2. The van der Waals surface area contributed by atoms with Crippen molar-refractivity contribution < 1.29 is 0 Å². The zero-order valence-electron chi connectivity index (χ0n) is 11.9. The van der Waals surface area contributed by atoms with Gasteiger partial charge in [0.15, 0.2) is 0 Å². The molecule has 0 aliphatic heterocycles. The fraction of sp³-hybridized carbons (Fsp3) is 0.235. The molecule has 0 N–H and O–H groups in total. The fourth-order valence-corrected chi connectivity index (χ4v) is 3.28. The van der Waals surface area contributed by atoms with E-state index in [1.165, 1.54) is 16.0 Å². The maximum Gasteiger partial charge on any atom is 0.0726 e. The molecular formula is C17H17ClN2S. The van der Waals surface area contributed by atoms with E-state index in [0.717, 1.165) is 24.2 Å². The lowest BCUT2D eigenvalue weighted by atomic mass is 10.1. The molecule has 1 aromatic carbocycles. The van der Waals surface area contributed by atoms with E-state index >= 15 is 0 Å². The summed E-state index contributed by atoms with van der Waals surface area (Å²) in [5.74, 6) is 0.441. The van der Waals surface area contributed by atoms with Gasteiger partial charge < -0.3 is 4.90 Å². The van der Waals surface area contributed by atoms with Crippen molar-refractivity contribution in [3.05, 3.63) is 58.4 Å². The Hall–Kier alpha value is -1.58. The second kappa shape index (κ2) is 6.46. The van der Waals surface area contributed by atoms with Crippen LogP contribution in [0.2, 0.25) is 0 Å². The van der Waals surface area contributed by atoms with E-state index in [-0.39, 0.29) is 0 Å². The van der Waals surface area contributed by atoms with Crippen LogP contribution in [0.15, 0.2) is 47.8 Å². The quantitative estimate of drug-likeness (QED) is 0.633. The van der Waals surface area contributed by atoms with Crippen LogP contribution in [0.4, 0.5) is 5.69 Å². The Morgan fingerprint density at radius 3 is 2.81 bits per heavy atom. The van der Waals surface area contributed by atoms with Gasteiger partial charge in [0.1, 0.15) is 0 Å². The van der Waals surface area contributed by atoms with Crippen molar-refractivity contribution in [3.63, 3.8) is 0 Å². The Kier molecular flexibility index (Phi) is 4.42. The second-order valence-electron chi connectivity index (χ2n) is 5.03. The topological polar surface area (TPSA) is 16.1 Å². The van der Waals surface area contributed by atoms with Crippen LogP contribution in [0.1, 0.15) is 10.6 Å². The summed E-state index contributed by atoms with van der Waals surface area (Å²) in [6.45, 7) is 0.982. The first-order chi connectivity index (χ1) is 10.3. The van der Waals surface area contributed by atoms with Gasteiger partial charge in [0.05, 0.1) is 17.1 Å². The number of alkyl halides is 1. The molecule has 2 heterocycles. The molecule has 0 atom stereocenters. The van der Waals surface area contributed by atoms with Crippen LogP contribution in [0.5, 0.6) is 0 Å². The highest BCUT2D eigenvalue weighted by atomic mass is 35.5. The first kappa shape index (κ1) is 14.4. The number of para-hydroxylation sites is 1. The van der Waals surface area contributed by atoms with E-state index in [1.807, 2.05) is 23.5 Å². The summed E-state index contributed by atoms with van der Waals surface area (Å²) >= 11 is 7.79. The van der Waals surface area contributed by atoms with Gasteiger partial charge in [0, 0.05) is 29.5 Å². The van der Waals surface area contributed by atoms with Crippen molar-refractivity contribution in [1.29, 1.82) is 0 Å². The van der Waals surface area contributed by atoms with Crippen LogP contribution < -0.4 is 4.90 Å². The number of aromatic nitrogens is 1. The van der Waals surface area contributed by atoms with Crippen LogP contribution in [0, 0.1) is 0 Å². The Bertz CT molecular complexity index is 725. The molecule has 0 fully saturated rings. The van der Waals surface area contributed by atoms with Crippen LogP contribution in [0.25, 0.3) is 10.9 Å². The highest BCUT2D eigenvalue weighted by molar-refractivity contribution is 7.09. The van der Waals surface area contributed by atoms with E-state index in [4.69, 9.17) is 11.6 Å². The summed E-state index contributed by atoms with van der Waals surface area (Å²) in [5, 5.41) is 3.31. The van der Waals surface area contributed by atoms with E-state index in [0.29, 0.717) is 5.88 Å². The minimum Gasteiger partial charge on any atom is -0.374 e. The lowest BCUT2D eigenvalue weighted by molar-refractivity contribution is 0.889. The molecular weight excluding hydrogens is 300 g/mol. The van der Waals surface area contributed by atoms with Crippen molar-refractivity contribution in [1.82, 2.24) is 4.98 Å². The van der Waals surface area contributed by atoms with Crippen molar-refractivity contribution in [2.75, 3.05) is 18.5 Å². The van der Waals surface area contributed by atoms with E-state index in [9.17, 15) is 0 Å². The monoisotopic (exact) mass is 316 g/mol. The van der Waals surface area contributed by atoms with Crippen LogP contribution in [-0.4, -0.2) is 18.6 Å². The number of anilines is 1. The Morgan fingerprint density at radius 1 is 1.19 bits per heavy atom. The van der Waals surface area contributed by atoms with E-state index < -0.39 is 0 Å². The average Bonchev–Trinajstić information content (AvgIpc) is 3.05. The first-order valence-corrected chi connectivity index (χ1v) is 8.37. The van der Waals surface area contributed by atoms with Gasteiger partial charge in [-0.15, -0.1) is 22.9 Å². The predicted octanol–water partition coefficient (Wildman–Crippen LogP) is 4.71. The number of hydrogen-bond acceptors (Lipinski definition) is 3. The summed E-state index contributed by atoms with van der Waals surface area (Å²) in [6, 6.07) is 14.6. The number of fused-ring (bicyclic) bond motifs is 1. The number of rotatable bonds is 5. The third kappa shape index (κ3) is 3.20. The maximum atomic E-state index is 5.98. The Balaban J connectivity index is 1.90. The van der Waals surface area contributed by atoms with Gasteiger partial charge in [-0.1, -0.05) is 24.3 Å². The SMILES string of the molecule is CN(CCc1cccs1)c1cc(CCl)nc2ccccc12. The van der Waals surface area contributed by atoms with Crippen LogP contribution in [-0.2, 0) is 12.3 Å². The van der Waals surface area contributed by atoms with Gasteiger partial charge in [-0.3, -0.25) is 4.98 Å². The second-order valence-corrected chi connectivity index (χ2v) is 6.33. The maximum absolute atomic E-state index is 5.98. The number of thiophene rings is 1. The standard InChI is InChI=1S/C17H17ClN2S/c1-20(9-8-14-5-4-10-21-14)17-11-13(12-18)19-16-7-3-2-6-15(16)17/h2-7,10-11H,8-9,12H2,1H3.